The molecule has 0 aliphatic carbocycles. The molecule has 0 aromatic carbocycles. The molecule has 3 aliphatic rings. The van der Waals surface area contributed by atoms with Gasteiger partial charge in [0, 0.05) is 45.4 Å². The van der Waals surface area contributed by atoms with Crippen molar-refractivity contribution < 1.29 is 9.53 Å². The molecule has 4 heterocycles. The van der Waals surface area contributed by atoms with E-state index in [-0.39, 0.29) is 18.1 Å². The van der Waals surface area contributed by atoms with Gasteiger partial charge in [0.2, 0.25) is 5.91 Å². The first-order valence-corrected chi connectivity index (χ1v) is 9.98. The molecule has 26 heavy (non-hydrogen) atoms. The number of ether oxygens (including phenoxy) is 1. The molecule has 7 heteroatoms. The Labute approximate surface area is 155 Å². The number of rotatable bonds is 4. The third kappa shape index (κ3) is 3.28. The number of imidazole rings is 1. The van der Waals surface area contributed by atoms with Crippen LogP contribution in [0.15, 0.2) is 6.33 Å². The van der Waals surface area contributed by atoms with Crippen LogP contribution in [0.3, 0.4) is 0 Å². The van der Waals surface area contributed by atoms with E-state index in [1.807, 2.05) is 0 Å². The smallest absolute Gasteiger partial charge is 0.249 e. The summed E-state index contributed by atoms with van der Waals surface area (Å²) in [6.07, 6.45) is 7.18. The van der Waals surface area contributed by atoms with Crippen LogP contribution in [0.4, 0.5) is 0 Å². The number of aromatic nitrogens is 2. The number of carbonyl (C=O) groups excluding carboxylic acids is 1. The van der Waals surface area contributed by atoms with E-state index in [2.05, 4.69) is 25.1 Å². The summed E-state index contributed by atoms with van der Waals surface area (Å²) in [6.45, 7) is 6.44. The molecule has 0 bridgehead atoms. The highest BCUT2D eigenvalue weighted by Crippen LogP contribution is 2.42. The maximum atomic E-state index is 12.7. The molecular weight excluding hydrogens is 330 g/mol. The lowest BCUT2D eigenvalue weighted by atomic mass is 9.78. The number of fused-ring (bicyclic) bond motifs is 2. The number of hydrogen-bond donors (Lipinski definition) is 2. The van der Waals surface area contributed by atoms with Crippen LogP contribution in [-0.4, -0.2) is 78.7 Å². The second-order valence-corrected chi connectivity index (χ2v) is 8.00. The summed E-state index contributed by atoms with van der Waals surface area (Å²) in [5.41, 5.74) is 2.04. The first kappa shape index (κ1) is 17.9. The van der Waals surface area contributed by atoms with Gasteiger partial charge in [-0.1, -0.05) is 0 Å². The number of carbonyl (C=O) groups is 1. The summed E-state index contributed by atoms with van der Waals surface area (Å²) in [5.74, 6) is 0.849. The lowest BCUT2D eigenvalue weighted by molar-refractivity contribution is -0.146. The summed E-state index contributed by atoms with van der Waals surface area (Å²) in [5, 5.41) is 3.52. The highest BCUT2D eigenvalue weighted by molar-refractivity contribution is 5.79. The zero-order chi connectivity index (χ0) is 18.0. The Morgan fingerprint density at radius 3 is 2.96 bits per heavy atom. The molecule has 0 saturated carbocycles. The van der Waals surface area contributed by atoms with Gasteiger partial charge >= 0.3 is 0 Å². The first-order valence-electron chi connectivity index (χ1n) is 9.98. The minimum Gasteiger partial charge on any atom is -0.375 e. The van der Waals surface area contributed by atoms with Crippen LogP contribution in [0.25, 0.3) is 0 Å². The van der Waals surface area contributed by atoms with Gasteiger partial charge in [0.05, 0.1) is 17.6 Å². The van der Waals surface area contributed by atoms with Crippen LogP contribution < -0.4 is 5.32 Å². The maximum absolute atomic E-state index is 12.7. The number of aromatic amines is 1. The number of amides is 1. The second-order valence-electron chi connectivity index (χ2n) is 8.00. The summed E-state index contributed by atoms with van der Waals surface area (Å²) < 4.78 is 5.15. The van der Waals surface area contributed by atoms with E-state index < -0.39 is 0 Å². The molecule has 7 nitrogen and oxygen atoms in total. The number of nitrogens with one attached hydrogen (secondary N) is 2. The fourth-order valence-corrected chi connectivity index (χ4v) is 5.10. The van der Waals surface area contributed by atoms with E-state index in [4.69, 9.17) is 4.74 Å². The second kappa shape index (κ2) is 7.66. The van der Waals surface area contributed by atoms with Gasteiger partial charge in [0.25, 0.3) is 0 Å². The highest BCUT2D eigenvalue weighted by Gasteiger charge is 2.48. The third-order valence-electron chi connectivity index (χ3n) is 6.43. The van der Waals surface area contributed by atoms with E-state index in [1.54, 1.807) is 13.4 Å². The lowest BCUT2D eigenvalue weighted by Crippen LogP contribution is -2.59. The number of nitrogens with zero attached hydrogens (tertiary/aromatic N) is 3. The Balaban J connectivity index is 1.49. The fraction of sp³-hybridized carbons (Fsp3) is 0.789. The molecule has 4 rings (SSSR count). The van der Waals surface area contributed by atoms with Crippen molar-refractivity contribution in [1.29, 1.82) is 0 Å². The average molecular weight is 361 g/mol. The molecule has 144 valence electrons. The van der Waals surface area contributed by atoms with Crippen LogP contribution in [0.5, 0.6) is 0 Å². The molecule has 1 atom stereocenters. The van der Waals surface area contributed by atoms with Crippen LogP contribution in [-0.2, 0) is 21.5 Å². The predicted octanol–water partition coefficient (Wildman–Crippen LogP) is 0.732. The van der Waals surface area contributed by atoms with Gasteiger partial charge < -0.3 is 24.8 Å². The van der Waals surface area contributed by atoms with Crippen molar-refractivity contribution in [2.75, 3.05) is 53.0 Å². The maximum Gasteiger partial charge on any atom is 0.249 e. The van der Waals surface area contributed by atoms with Gasteiger partial charge in [-0.05, 0) is 44.7 Å². The molecule has 0 unspecified atom stereocenters. The van der Waals surface area contributed by atoms with Crippen molar-refractivity contribution in [3.63, 3.8) is 0 Å². The minimum atomic E-state index is -0.259. The number of likely N-dealkylation sites (tertiary alicyclic amines) is 1. The van der Waals surface area contributed by atoms with Crippen LogP contribution in [0, 0.1) is 5.92 Å². The molecule has 1 aromatic heterocycles. The van der Waals surface area contributed by atoms with Crippen LogP contribution >= 0.6 is 0 Å². The summed E-state index contributed by atoms with van der Waals surface area (Å²) in [4.78, 5) is 25.3. The van der Waals surface area contributed by atoms with Gasteiger partial charge in [0.1, 0.15) is 6.61 Å². The van der Waals surface area contributed by atoms with Gasteiger partial charge in [-0.3, -0.25) is 4.79 Å². The Kier molecular flexibility index (Phi) is 5.29. The normalized spacial score (nSPS) is 26.0. The number of piperidine rings is 2. The summed E-state index contributed by atoms with van der Waals surface area (Å²) >= 11 is 0. The van der Waals surface area contributed by atoms with Crippen molar-refractivity contribution in [2.45, 2.75) is 37.6 Å². The zero-order valence-electron chi connectivity index (χ0n) is 15.8. The van der Waals surface area contributed by atoms with Gasteiger partial charge in [-0.15, -0.1) is 0 Å². The number of methoxy groups -OCH3 is 1. The quantitative estimate of drug-likeness (QED) is 0.827. The van der Waals surface area contributed by atoms with Crippen molar-refractivity contribution in [3.8, 4) is 0 Å². The Hall–Kier alpha value is -1.44. The Morgan fingerprint density at radius 1 is 1.38 bits per heavy atom. The topological polar surface area (TPSA) is 73.5 Å². The molecule has 1 amide bonds. The van der Waals surface area contributed by atoms with Gasteiger partial charge in [-0.25, -0.2) is 4.98 Å². The van der Waals surface area contributed by atoms with Crippen molar-refractivity contribution in [1.82, 2.24) is 25.1 Å². The monoisotopic (exact) mass is 361 g/mol. The molecular formula is C19H31N5O2. The third-order valence-corrected chi connectivity index (χ3v) is 6.43. The standard InChI is InChI=1S/C19H31N5O2/c1-26-13-17(25)24-8-4-16-18(22-14-21-16)19(24)5-9-23(10-6-19)12-15-3-2-7-20-11-15/h14-15,20H,2-13H2,1H3,(H,21,22)/t15-/m1/s1. The molecule has 1 aromatic rings. The fourth-order valence-electron chi connectivity index (χ4n) is 5.10. The van der Waals surface area contributed by atoms with E-state index in [9.17, 15) is 4.79 Å². The SMILES string of the molecule is COCC(=O)N1CCc2[nH]cnc2C12CCN(C[C@@H]1CCCNC1)CC2. The van der Waals surface area contributed by atoms with Crippen molar-refractivity contribution in [3.05, 3.63) is 17.7 Å². The minimum absolute atomic E-state index is 0.0890. The first-order chi connectivity index (χ1) is 12.7. The van der Waals surface area contributed by atoms with E-state index >= 15 is 0 Å². The van der Waals surface area contributed by atoms with Crippen molar-refractivity contribution >= 4 is 5.91 Å². The molecule has 0 radical (unpaired) electrons. The highest BCUT2D eigenvalue weighted by atomic mass is 16.5. The Morgan fingerprint density at radius 2 is 2.23 bits per heavy atom. The predicted molar refractivity (Wildman–Crippen MR) is 98.8 cm³/mol. The molecule has 3 aliphatic heterocycles. The van der Waals surface area contributed by atoms with Gasteiger partial charge in [-0.2, -0.15) is 0 Å². The molecule has 2 fully saturated rings. The molecule has 2 N–H and O–H groups in total. The average Bonchev–Trinajstić information content (AvgIpc) is 3.15. The van der Waals surface area contributed by atoms with E-state index in [1.165, 1.54) is 25.1 Å². The van der Waals surface area contributed by atoms with Crippen LogP contribution in [0.1, 0.15) is 37.1 Å². The van der Waals surface area contributed by atoms with E-state index in [0.717, 1.165) is 63.6 Å². The van der Waals surface area contributed by atoms with Crippen LogP contribution in [0.2, 0.25) is 0 Å². The van der Waals surface area contributed by atoms with Crippen molar-refractivity contribution in [2.24, 2.45) is 5.92 Å². The van der Waals surface area contributed by atoms with E-state index in [0.29, 0.717) is 0 Å². The largest absolute Gasteiger partial charge is 0.375 e. The summed E-state index contributed by atoms with van der Waals surface area (Å²) in [6, 6.07) is 0. The lowest BCUT2D eigenvalue weighted by Gasteiger charge is -2.50. The van der Waals surface area contributed by atoms with Gasteiger partial charge in [0.15, 0.2) is 0 Å². The number of H-pyrrole nitrogens is 1. The zero-order valence-corrected chi connectivity index (χ0v) is 15.8. The Bertz CT molecular complexity index is 617. The molecule has 1 spiro atoms. The molecule has 2 saturated heterocycles. The summed E-state index contributed by atoms with van der Waals surface area (Å²) in [7, 11) is 1.59. The number of hydrogen-bond acceptors (Lipinski definition) is 5.